The van der Waals surface area contributed by atoms with Gasteiger partial charge in [0.25, 0.3) is 5.91 Å². The Kier molecular flexibility index (Phi) is 4.51. The van der Waals surface area contributed by atoms with Crippen molar-refractivity contribution in [2.75, 3.05) is 6.54 Å². The van der Waals surface area contributed by atoms with Crippen LogP contribution < -0.4 is 5.32 Å². The average Bonchev–Trinajstić information content (AvgIpc) is 2.75. The highest BCUT2D eigenvalue weighted by Crippen LogP contribution is 2.33. The van der Waals surface area contributed by atoms with Gasteiger partial charge in [-0.15, -0.1) is 0 Å². The molecule has 116 valence electrons. The van der Waals surface area contributed by atoms with E-state index in [0.29, 0.717) is 19.3 Å². The Bertz CT molecular complexity index is 648. The maximum absolute atomic E-state index is 12.8. The number of carbonyl (C=O) groups is 2. The van der Waals surface area contributed by atoms with Crippen molar-refractivity contribution in [3.63, 3.8) is 0 Å². The number of aryl methyl sites for hydroxylation is 2. The van der Waals surface area contributed by atoms with E-state index in [9.17, 15) is 9.59 Å². The van der Waals surface area contributed by atoms with Gasteiger partial charge < -0.3 is 5.32 Å². The lowest BCUT2D eigenvalue weighted by Gasteiger charge is -2.26. The molecule has 1 aliphatic rings. The van der Waals surface area contributed by atoms with Crippen molar-refractivity contribution < 1.29 is 9.59 Å². The molecule has 2 rings (SSSR count). The highest BCUT2D eigenvalue weighted by atomic mass is 16.2. The fourth-order valence-electron chi connectivity index (χ4n) is 2.79. The number of hydrogen-bond donors (Lipinski definition) is 1. The second kappa shape index (κ2) is 6.18. The van der Waals surface area contributed by atoms with E-state index in [1.54, 1.807) is 0 Å². The number of nitriles is 1. The van der Waals surface area contributed by atoms with Gasteiger partial charge in [-0.3, -0.25) is 9.69 Å². The van der Waals surface area contributed by atoms with Gasteiger partial charge in [0.05, 0.1) is 6.07 Å². The molecule has 0 aromatic heterocycles. The van der Waals surface area contributed by atoms with Crippen LogP contribution in [0.5, 0.6) is 0 Å². The highest BCUT2D eigenvalue weighted by Gasteiger charge is 2.50. The summed E-state index contributed by atoms with van der Waals surface area (Å²) in [4.78, 5) is 26.2. The molecule has 1 aromatic carbocycles. The minimum absolute atomic E-state index is 0.221. The molecule has 1 heterocycles. The topological polar surface area (TPSA) is 73.2 Å². The van der Waals surface area contributed by atoms with Crippen molar-refractivity contribution in [2.24, 2.45) is 0 Å². The van der Waals surface area contributed by atoms with Crippen molar-refractivity contribution >= 4 is 11.9 Å². The van der Waals surface area contributed by atoms with Crippen LogP contribution >= 0.6 is 0 Å². The quantitative estimate of drug-likeness (QED) is 0.671. The maximum atomic E-state index is 12.8. The Balaban J connectivity index is 2.34. The molecular weight excluding hydrogens is 278 g/mol. The first-order valence-corrected chi connectivity index (χ1v) is 7.55. The SMILES string of the molecule is CCC1(c2ccc(C)c(C)c2)NC(=O)N(CCCC#N)C1=O. The third-order valence-corrected chi connectivity index (χ3v) is 4.38. The standard InChI is InChI=1S/C17H21N3O2/c1-4-17(14-8-7-12(2)13(3)11-14)15(21)20(16(22)19-17)10-6-5-9-18/h7-8,11H,4-6,10H2,1-3H3,(H,19,22). The third-order valence-electron chi connectivity index (χ3n) is 4.38. The molecule has 1 aromatic rings. The van der Waals surface area contributed by atoms with Gasteiger partial charge in [0.15, 0.2) is 0 Å². The Morgan fingerprint density at radius 2 is 2.00 bits per heavy atom. The Morgan fingerprint density at radius 1 is 1.27 bits per heavy atom. The fraction of sp³-hybridized carbons (Fsp3) is 0.471. The minimum atomic E-state index is -0.984. The molecule has 3 amide bonds. The van der Waals surface area contributed by atoms with Crippen molar-refractivity contribution in [3.8, 4) is 6.07 Å². The number of imide groups is 1. The summed E-state index contributed by atoms with van der Waals surface area (Å²) in [6.45, 7) is 6.19. The van der Waals surface area contributed by atoms with E-state index in [4.69, 9.17) is 5.26 Å². The van der Waals surface area contributed by atoms with Crippen LogP contribution in [-0.2, 0) is 10.3 Å². The molecule has 22 heavy (non-hydrogen) atoms. The third kappa shape index (κ3) is 2.57. The van der Waals surface area contributed by atoms with E-state index in [1.165, 1.54) is 4.90 Å². The zero-order chi connectivity index (χ0) is 16.3. The van der Waals surface area contributed by atoms with Crippen LogP contribution in [0.25, 0.3) is 0 Å². The van der Waals surface area contributed by atoms with Crippen molar-refractivity contribution in [1.82, 2.24) is 10.2 Å². The van der Waals surface area contributed by atoms with Crippen LogP contribution in [0.3, 0.4) is 0 Å². The lowest BCUT2D eigenvalue weighted by Crippen LogP contribution is -2.43. The average molecular weight is 299 g/mol. The summed E-state index contributed by atoms with van der Waals surface area (Å²) >= 11 is 0. The Morgan fingerprint density at radius 3 is 2.59 bits per heavy atom. The normalized spacial score (nSPS) is 20.9. The molecule has 0 radical (unpaired) electrons. The molecule has 1 aliphatic heterocycles. The first-order chi connectivity index (χ1) is 10.5. The summed E-state index contributed by atoms with van der Waals surface area (Å²) in [6.07, 6.45) is 1.33. The largest absolute Gasteiger partial charge is 0.325 e. The van der Waals surface area contributed by atoms with Gasteiger partial charge in [0.2, 0.25) is 0 Å². The molecule has 5 nitrogen and oxygen atoms in total. The zero-order valence-corrected chi connectivity index (χ0v) is 13.3. The van der Waals surface area contributed by atoms with Crippen LogP contribution in [0, 0.1) is 25.2 Å². The van der Waals surface area contributed by atoms with E-state index in [-0.39, 0.29) is 18.5 Å². The molecule has 5 heteroatoms. The van der Waals surface area contributed by atoms with Crippen LogP contribution in [0.4, 0.5) is 4.79 Å². The first kappa shape index (κ1) is 16.0. The molecule has 1 fully saturated rings. The molecule has 0 spiro atoms. The molecular formula is C17H21N3O2. The smallest absolute Gasteiger partial charge is 0.319 e. The van der Waals surface area contributed by atoms with Crippen molar-refractivity contribution in [2.45, 2.75) is 45.6 Å². The predicted octanol–water partition coefficient (Wildman–Crippen LogP) is 2.76. The highest BCUT2D eigenvalue weighted by molar-refractivity contribution is 6.07. The zero-order valence-electron chi connectivity index (χ0n) is 13.3. The number of rotatable bonds is 5. The van der Waals surface area contributed by atoms with Gasteiger partial charge in [-0.1, -0.05) is 25.1 Å². The van der Waals surface area contributed by atoms with E-state index < -0.39 is 5.54 Å². The van der Waals surface area contributed by atoms with E-state index in [0.717, 1.165) is 16.7 Å². The number of hydrogen-bond acceptors (Lipinski definition) is 3. The summed E-state index contributed by atoms with van der Waals surface area (Å²) in [5.74, 6) is -0.221. The molecule has 1 unspecified atom stereocenters. The second-order valence-electron chi connectivity index (χ2n) is 5.71. The number of nitrogens with zero attached hydrogens (tertiary/aromatic N) is 2. The van der Waals surface area contributed by atoms with Gasteiger partial charge in [0, 0.05) is 13.0 Å². The van der Waals surface area contributed by atoms with Crippen molar-refractivity contribution in [3.05, 3.63) is 34.9 Å². The molecule has 0 aliphatic carbocycles. The number of benzene rings is 1. The van der Waals surface area contributed by atoms with Crippen LogP contribution in [0.1, 0.15) is 42.9 Å². The lowest BCUT2D eigenvalue weighted by atomic mass is 9.85. The minimum Gasteiger partial charge on any atom is -0.319 e. The summed E-state index contributed by atoms with van der Waals surface area (Å²) in [6, 6.07) is 7.51. The second-order valence-corrected chi connectivity index (χ2v) is 5.71. The number of carbonyl (C=O) groups excluding carboxylic acids is 2. The maximum Gasteiger partial charge on any atom is 0.325 e. The van der Waals surface area contributed by atoms with E-state index in [2.05, 4.69) is 5.32 Å². The summed E-state index contributed by atoms with van der Waals surface area (Å²) in [5.41, 5.74) is 2.08. The van der Waals surface area contributed by atoms with E-state index in [1.807, 2.05) is 45.0 Å². The van der Waals surface area contributed by atoms with Gasteiger partial charge in [-0.05, 0) is 43.4 Å². The predicted molar refractivity (Wildman–Crippen MR) is 83.0 cm³/mol. The monoisotopic (exact) mass is 299 g/mol. The summed E-state index contributed by atoms with van der Waals surface area (Å²) in [7, 11) is 0. The first-order valence-electron chi connectivity index (χ1n) is 7.55. The van der Waals surface area contributed by atoms with Gasteiger partial charge >= 0.3 is 6.03 Å². The molecule has 1 atom stereocenters. The van der Waals surface area contributed by atoms with Gasteiger partial charge in [-0.25, -0.2) is 4.79 Å². The van der Waals surface area contributed by atoms with Gasteiger partial charge in [-0.2, -0.15) is 5.26 Å². The van der Waals surface area contributed by atoms with Crippen LogP contribution in [0.2, 0.25) is 0 Å². The molecule has 1 N–H and O–H groups in total. The summed E-state index contributed by atoms with van der Waals surface area (Å²) < 4.78 is 0. The fourth-order valence-corrected chi connectivity index (χ4v) is 2.79. The molecule has 0 bridgehead atoms. The van der Waals surface area contributed by atoms with Gasteiger partial charge in [0.1, 0.15) is 5.54 Å². The number of amides is 3. The van der Waals surface area contributed by atoms with E-state index >= 15 is 0 Å². The number of unbranched alkanes of at least 4 members (excludes halogenated alkanes) is 1. The van der Waals surface area contributed by atoms with Crippen LogP contribution in [-0.4, -0.2) is 23.4 Å². The van der Waals surface area contributed by atoms with Crippen molar-refractivity contribution in [1.29, 1.82) is 5.26 Å². The summed E-state index contributed by atoms with van der Waals surface area (Å²) in [5, 5.41) is 11.5. The molecule has 0 saturated carbocycles. The number of nitrogens with one attached hydrogen (secondary N) is 1. The lowest BCUT2D eigenvalue weighted by molar-refractivity contribution is -0.131. The number of urea groups is 1. The molecule has 1 saturated heterocycles. The van der Waals surface area contributed by atoms with Crippen LogP contribution in [0.15, 0.2) is 18.2 Å². The Hall–Kier alpha value is -2.35. The Labute approximate surface area is 130 Å².